The van der Waals surface area contributed by atoms with E-state index in [0.717, 1.165) is 0 Å². The molecule has 0 amide bonds. The first-order valence-electron chi connectivity index (χ1n) is 6.46. The summed E-state index contributed by atoms with van der Waals surface area (Å²) in [6.45, 7) is 0. The van der Waals surface area contributed by atoms with E-state index in [1.807, 2.05) is 6.07 Å². The Kier molecular flexibility index (Phi) is 5.04. The van der Waals surface area contributed by atoms with Gasteiger partial charge in [0.15, 0.2) is 0 Å². The second kappa shape index (κ2) is 6.78. The Hall–Kier alpha value is -1.78. The van der Waals surface area contributed by atoms with Crippen LogP contribution in [0, 0.1) is 5.82 Å². The molecule has 0 spiro atoms. The van der Waals surface area contributed by atoms with Gasteiger partial charge in [-0.2, -0.15) is 0 Å². The number of methoxy groups -OCH3 is 2. The van der Waals surface area contributed by atoms with Crippen LogP contribution in [0.3, 0.4) is 0 Å². The third-order valence-corrected chi connectivity index (χ3v) is 3.66. The lowest BCUT2D eigenvalue weighted by molar-refractivity contribution is 0.377. The van der Waals surface area contributed by atoms with Crippen LogP contribution in [-0.2, 0) is 0 Å². The predicted molar refractivity (Wildman–Crippen MR) is 81.9 cm³/mol. The smallest absolute Gasteiger partial charge is 0.129 e. The van der Waals surface area contributed by atoms with Gasteiger partial charge in [-0.15, -0.1) is 0 Å². The fraction of sp³-hybridized carbons (Fsp3) is 0.250. The van der Waals surface area contributed by atoms with Crippen LogP contribution in [0.4, 0.5) is 4.39 Å². The average molecular weight is 310 g/mol. The van der Waals surface area contributed by atoms with E-state index < -0.39 is 6.04 Å². The van der Waals surface area contributed by atoms with Crippen molar-refractivity contribution in [2.75, 3.05) is 21.3 Å². The summed E-state index contributed by atoms with van der Waals surface area (Å²) in [6.07, 6.45) is 0. The van der Waals surface area contributed by atoms with Crippen molar-refractivity contribution in [3.8, 4) is 11.5 Å². The van der Waals surface area contributed by atoms with Gasteiger partial charge in [0.1, 0.15) is 17.3 Å². The molecule has 3 nitrogen and oxygen atoms in total. The van der Waals surface area contributed by atoms with Crippen molar-refractivity contribution in [3.05, 3.63) is 58.4 Å². The number of rotatable bonds is 5. The van der Waals surface area contributed by atoms with Gasteiger partial charge in [-0.1, -0.05) is 23.7 Å². The first-order valence-corrected chi connectivity index (χ1v) is 6.83. The van der Waals surface area contributed by atoms with Crippen molar-refractivity contribution >= 4 is 11.6 Å². The monoisotopic (exact) mass is 309 g/mol. The molecule has 0 radical (unpaired) electrons. The Bertz CT molecular complexity index is 591. The average Bonchev–Trinajstić information content (AvgIpc) is 2.50. The minimum atomic E-state index is -0.482. The third-order valence-electron chi connectivity index (χ3n) is 3.33. The molecule has 0 saturated carbocycles. The molecule has 112 valence electrons. The van der Waals surface area contributed by atoms with E-state index in [4.69, 9.17) is 21.1 Å². The van der Waals surface area contributed by atoms with Crippen molar-refractivity contribution in [2.45, 2.75) is 6.04 Å². The van der Waals surface area contributed by atoms with E-state index in [1.54, 1.807) is 45.5 Å². The lowest BCUT2D eigenvalue weighted by Crippen LogP contribution is -2.21. The number of halogens is 2. The van der Waals surface area contributed by atoms with Gasteiger partial charge in [-0.05, 0) is 31.3 Å². The molecular formula is C16H17ClFNO2. The first kappa shape index (κ1) is 15.6. The molecule has 0 bridgehead atoms. The molecular weight excluding hydrogens is 293 g/mol. The minimum Gasteiger partial charge on any atom is -0.496 e. The van der Waals surface area contributed by atoms with Crippen molar-refractivity contribution in [2.24, 2.45) is 0 Å². The second-order valence-corrected chi connectivity index (χ2v) is 4.84. The van der Waals surface area contributed by atoms with Crippen molar-refractivity contribution < 1.29 is 13.9 Å². The van der Waals surface area contributed by atoms with Gasteiger partial charge >= 0.3 is 0 Å². The van der Waals surface area contributed by atoms with Crippen LogP contribution in [0.15, 0.2) is 36.4 Å². The number of ether oxygens (including phenoxy) is 2. The molecule has 2 aromatic carbocycles. The van der Waals surface area contributed by atoms with Crippen molar-refractivity contribution in [1.82, 2.24) is 5.32 Å². The Labute approximate surface area is 128 Å². The summed E-state index contributed by atoms with van der Waals surface area (Å²) in [7, 11) is 4.86. The molecule has 1 atom stereocenters. The summed E-state index contributed by atoms with van der Waals surface area (Å²) in [5.74, 6) is 0.829. The highest BCUT2D eigenvalue weighted by atomic mass is 35.5. The predicted octanol–water partition coefficient (Wildman–Crippen LogP) is 3.81. The zero-order valence-corrected chi connectivity index (χ0v) is 12.9. The van der Waals surface area contributed by atoms with Crippen LogP contribution in [-0.4, -0.2) is 21.3 Å². The SMILES string of the molecule is CNC(c1c(F)cccc1Cl)c1c(OC)cccc1OC. The number of nitrogens with one attached hydrogen (secondary N) is 1. The largest absolute Gasteiger partial charge is 0.496 e. The number of hydrogen-bond donors (Lipinski definition) is 1. The molecule has 0 saturated heterocycles. The minimum absolute atomic E-state index is 0.349. The number of benzene rings is 2. The molecule has 1 unspecified atom stereocenters. The maximum atomic E-state index is 14.2. The van der Waals surface area contributed by atoms with Crippen LogP contribution in [0.1, 0.15) is 17.2 Å². The first-order chi connectivity index (χ1) is 10.1. The molecule has 5 heteroatoms. The lowest BCUT2D eigenvalue weighted by Gasteiger charge is -2.23. The standard InChI is InChI=1S/C16H17ClFNO2/c1-19-16(14-10(17)6-4-7-11(14)18)15-12(20-2)8-5-9-13(15)21-3/h4-9,16,19H,1-3H3. The Balaban J connectivity index is 2.67. The summed E-state index contributed by atoms with van der Waals surface area (Å²) in [5.41, 5.74) is 1.07. The van der Waals surface area contributed by atoms with E-state index in [9.17, 15) is 4.39 Å². The van der Waals surface area contributed by atoms with Crippen LogP contribution in [0.2, 0.25) is 5.02 Å². The van der Waals surface area contributed by atoms with Crippen LogP contribution < -0.4 is 14.8 Å². The fourth-order valence-electron chi connectivity index (χ4n) is 2.38. The lowest BCUT2D eigenvalue weighted by atomic mass is 9.96. The molecule has 2 rings (SSSR count). The maximum absolute atomic E-state index is 14.2. The topological polar surface area (TPSA) is 30.5 Å². The molecule has 0 fully saturated rings. The summed E-state index contributed by atoms with van der Waals surface area (Å²) < 4.78 is 25.0. The highest BCUT2D eigenvalue weighted by Gasteiger charge is 2.25. The molecule has 21 heavy (non-hydrogen) atoms. The zero-order chi connectivity index (χ0) is 15.4. The molecule has 0 aliphatic carbocycles. The van der Waals surface area contributed by atoms with Crippen LogP contribution >= 0.6 is 11.6 Å². The fourth-order valence-corrected chi connectivity index (χ4v) is 2.66. The van der Waals surface area contributed by atoms with Gasteiger partial charge in [0, 0.05) is 10.6 Å². The molecule has 2 aromatic rings. The highest BCUT2D eigenvalue weighted by molar-refractivity contribution is 6.31. The number of hydrogen-bond acceptors (Lipinski definition) is 3. The Morgan fingerprint density at radius 2 is 1.57 bits per heavy atom. The van der Waals surface area contributed by atoms with E-state index in [2.05, 4.69) is 5.32 Å². The highest BCUT2D eigenvalue weighted by Crippen LogP contribution is 2.40. The Morgan fingerprint density at radius 3 is 2.05 bits per heavy atom. The zero-order valence-electron chi connectivity index (χ0n) is 12.1. The van der Waals surface area contributed by atoms with Crippen molar-refractivity contribution in [3.63, 3.8) is 0 Å². The molecule has 1 N–H and O–H groups in total. The Morgan fingerprint density at radius 1 is 1.00 bits per heavy atom. The van der Waals surface area contributed by atoms with Crippen molar-refractivity contribution in [1.29, 1.82) is 0 Å². The molecule has 0 heterocycles. The van der Waals surface area contributed by atoms with Gasteiger partial charge < -0.3 is 14.8 Å². The van der Waals surface area contributed by atoms with E-state index in [0.29, 0.717) is 27.6 Å². The van der Waals surface area contributed by atoms with Crippen LogP contribution in [0.5, 0.6) is 11.5 Å². The van der Waals surface area contributed by atoms with E-state index in [1.165, 1.54) is 6.07 Å². The summed E-state index contributed by atoms with van der Waals surface area (Å²) in [4.78, 5) is 0. The summed E-state index contributed by atoms with van der Waals surface area (Å²) >= 11 is 6.18. The van der Waals surface area contributed by atoms with E-state index in [-0.39, 0.29) is 5.82 Å². The van der Waals surface area contributed by atoms with Gasteiger partial charge in [0.25, 0.3) is 0 Å². The quantitative estimate of drug-likeness (QED) is 0.911. The van der Waals surface area contributed by atoms with Gasteiger partial charge in [0.05, 0.1) is 25.8 Å². The summed E-state index contributed by atoms with van der Waals surface area (Å²) in [6, 6.07) is 9.56. The van der Waals surface area contributed by atoms with Crippen LogP contribution in [0.25, 0.3) is 0 Å². The molecule has 0 aliphatic heterocycles. The second-order valence-electron chi connectivity index (χ2n) is 4.43. The van der Waals surface area contributed by atoms with Gasteiger partial charge in [-0.3, -0.25) is 0 Å². The maximum Gasteiger partial charge on any atom is 0.129 e. The normalized spacial score (nSPS) is 12.0. The van der Waals surface area contributed by atoms with E-state index >= 15 is 0 Å². The summed E-state index contributed by atoms with van der Waals surface area (Å²) in [5, 5.41) is 3.43. The molecule has 0 aromatic heterocycles. The van der Waals surface area contributed by atoms with Gasteiger partial charge in [0.2, 0.25) is 0 Å². The third kappa shape index (κ3) is 2.96. The molecule has 0 aliphatic rings. The van der Waals surface area contributed by atoms with Gasteiger partial charge in [-0.25, -0.2) is 4.39 Å².